The molecule has 0 radical (unpaired) electrons. The SMILES string of the molecule is Cc1c(C(=O)Oc2ccc(Cl)cc2)nnn1-c1ccc(F)cc1. The number of carbonyl (C=O) groups is 1. The molecule has 5 nitrogen and oxygen atoms in total. The van der Waals surface area contributed by atoms with E-state index >= 15 is 0 Å². The van der Waals surface area contributed by atoms with Gasteiger partial charge in [-0.05, 0) is 55.5 Å². The van der Waals surface area contributed by atoms with E-state index in [0.717, 1.165) is 0 Å². The number of esters is 1. The van der Waals surface area contributed by atoms with Gasteiger partial charge in [0.15, 0.2) is 5.69 Å². The van der Waals surface area contributed by atoms with Gasteiger partial charge in [-0.25, -0.2) is 13.9 Å². The minimum absolute atomic E-state index is 0.0873. The molecule has 7 heteroatoms. The third kappa shape index (κ3) is 3.22. The fraction of sp³-hybridized carbons (Fsp3) is 0.0625. The molecule has 0 saturated heterocycles. The van der Waals surface area contributed by atoms with Crippen LogP contribution in [0.15, 0.2) is 48.5 Å². The van der Waals surface area contributed by atoms with Gasteiger partial charge in [-0.1, -0.05) is 16.8 Å². The van der Waals surface area contributed by atoms with Crippen molar-refractivity contribution in [2.24, 2.45) is 0 Å². The van der Waals surface area contributed by atoms with Gasteiger partial charge < -0.3 is 4.74 Å². The second kappa shape index (κ2) is 6.18. The maximum Gasteiger partial charge on any atom is 0.366 e. The number of nitrogens with zero attached hydrogens (tertiary/aromatic N) is 3. The summed E-state index contributed by atoms with van der Waals surface area (Å²) in [5.74, 6) is -0.623. The summed E-state index contributed by atoms with van der Waals surface area (Å²) < 4.78 is 19.7. The summed E-state index contributed by atoms with van der Waals surface area (Å²) in [4.78, 5) is 12.2. The van der Waals surface area contributed by atoms with Crippen LogP contribution < -0.4 is 4.74 Å². The van der Waals surface area contributed by atoms with Crippen LogP contribution in [0.5, 0.6) is 5.75 Å². The maximum atomic E-state index is 13.0. The predicted molar refractivity (Wildman–Crippen MR) is 82.5 cm³/mol. The summed E-state index contributed by atoms with van der Waals surface area (Å²) in [6.07, 6.45) is 0. The highest BCUT2D eigenvalue weighted by Crippen LogP contribution is 2.18. The van der Waals surface area contributed by atoms with Crippen LogP contribution in [0, 0.1) is 12.7 Å². The number of benzene rings is 2. The highest BCUT2D eigenvalue weighted by molar-refractivity contribution is 6.30. The molecule has 0 aliphatic carbocycles. The Bertz CT molecular complexity index is 845. The van der Waals surface area contributed by atoms with Crippen LogP contribution in [-0.4, -0.2) is 21.0 Å². The Balaban J connectivity index is 1.85. The van der Waals surface area contributed by atoms with Crippen molar-refractivity contribution in [3.05, 3.63) is 70.8 Å². The third-order valence-electron chi connectivity index (χ3n) is 3.18. The predicted octanol–water partition coefficient (Wildman–Crippen LogP) is 3.59. The molecular weight excluding hydrogens is 321 g/mol. The second-order valence-electron chi connectivity index (χ2n) is 4.76. The lowest BCUT2D eigenvalue weighted by molar-refractivity contribution is 0.0727. The van der Waals surface area contributed by atoms with E-state index in [4.69, 9.17) is 16.3 Å². The van der Waals surface area contributed by atoms with Crippen LogP contribution in [0.4, 0.5) is 4.39 Å². The summed E-state index contributed by atoms with van der Waals surface area (Å²) >= 11 is 5.78. The molecule has 1 aromatic heterocycles. The summed E-state index contributed by atoms with van der Waals surface area (Å²) in [5, 5.41) is 8.31. The fourth-order valence-corrected chi connectivity index (χ4v) is 2.13. The van der Waals surface area contributed by atoms with Gasteiger partial charge in [-0.15, -0.1) is 5.10 Å². The lowest BCUT2D eigenvalue weighted by atomic mass is 10.3. The summed E-state index contributed by atoms with van der Waals surface area (Å²) in [5.41, 5.74) is 1.18. The average Bonchev–Trinajstić information content (AvgIpc) is 2.92. The van der Waals surface area contributed by atoms with E-state index in [2.05, 4.69) is 10.3 Å². The molecule has 0 bridgehead atoms. The normalized spacial score (nSPS) is 10.6. The zero-order valence-electron chi connectivity index (χ0n) is 12.0. The Morgan fingerprint density at radius 1 is 1.13 bits per heavy atom. The first kappa shape index (κ1) is 15.2. The average molecular weight is 332 g/mol. The molecule has 1 heterocycles. The van der Waals surface area contributed by atoms with Crippen molar-refractivity contribution in [1.82, 2.24) is 15.0 Å². The largest absolute Gasteiger partial charge is 0.422 e. The smallest absolute Gasteiger partial charge is 0.366 e. The van der Waals surface area contributed by atoms with Crippen molar-refractivity contribution in [2.75, 3.05) is 0 Å². The maximum absolute atomic E-state index is 13.0. The second-order valence-corrected chi connectivity index (χ2v) is 5.19. The highest BCUT2D eigenvalue weighted by Gasteiger charge is 2.19. The van der Waals surface area contributed by atoms with Crippen LogP contribution in [0.2, 0.25) is 5.02 Å². The molecule has 116 valence electrons. The van der Waals surface area contributed by atoms with E-state index in [-0.39, 0.29) is 11.5 Å². The molecule has 0 aliphatic heterocycles. The number of hydrogen-bond donors (Lipinski definition) is 0. The van der Waals surface area contributed by atoms with Crippen molar-refractivity contribution >= 4 is 17.6 Å². The molecule has 0 atom stereocenters. The van der Waals surface area contributed by atoms with Crippen LogP contribution in [0.1, 0.15) is 16.2 Å². The zero-order chi connectivity index (χ0) is 16.4. The number of carbonyl (C=O) groups excluding carboxylic acids is 1. The molecule has 23 heavy (non-hydrogen) atoms. The monoisotopic (exact) mass is 331 g/mol. The van der Waals surface area contributed by atoms with Gasteiger partial charge in [0.1, 0.15) is 11.6 Å². The van der Waals surface area contributed by atoms with Crippen LogP contribution in [-0.2, 0) is 0 Å². The van der Waals surface area contributed by atoms with E-state index in [1.807, 2.05) is 0 Å². The Kier molecular flexibility index (Phi) is 4.08. The van der Waals surface area contributed by atoms with E-state index in [0.29, 0.717) is 22.2 Å². The van der Waals surface area contributed by atoms with E-state index < -0.39 is 5.97 Å². The first-order valence-electron chi connectivity index (χ1n) is 6.70. The van der Waals surface area contributed by atoms with Gasteiger partial charge in [-0.2, -0.15) is 0 Å². The molecule has 0 N–H and O–H groups in total. The minimum Gasteiger partial charge on any atom is -0.422 e. The Morgan fingerprint density at radius 3 is 2.43 bits per heavy atom. The number of halogens is 2. The molecule has 0 amide bonds. The molecule has 0 saturated carbocycles. The summed E-state index contributed by atoms with van der Waals surface area (Å²) in [6.45, 7) is 1.68. The minimum atomic E-state index is -0.627. The molecule has 0 fully saturated rings. The van der Waals surface area contributed by atoms with Crippen LogP contribution >= 0.6 is 11.6 Å². The first-order valence-corrected chi connectivity index (χ1v) is 7.08. The van der Waals surface area contributed by atoms with Gasteiger partial charge in [-0.3, -0.25) is 0 Å². The van der Waals surface area contributed by atoms with Crippen molar-refractivity contribution in [1.29, 1.82) is 0 Å². The lowest BCUT2D eigenvalue weighted by Crippen LogP contribution is -2.11. The van der Waals surface area contributed by atoms with E-state index in [1.165, 1.54) is 16.8 Å². The van der Waals surface area contributed by atoms with Crippen LogP contribution in [0.3, 0.4) is 0 Å². The molecular formula is C16H11ClFN3O2. The summed E-state index contributed by atoms with van der Waals surface area (Å²) in [7, 11) is 0. The number of ether oxygens (including phenoxy) is 1. The molecule has 2 aromatic carbocycles. The lowest BCUT2D eigenvalue weighted by Gasteiger charge is -2.04. The Morgan fingerprint density at radius 2 is 1.78 bits per heavy atom. The standard InChI is InChI=1S/C16H11ClFN3O2/c1-10-15(16(22)23-14-8-2-11(17)3-9-14)19-20-21(10)13-6-4-12(18)5-7-13/h2-9H,1H3. The number of rotatable bonds is 3. The van der Waals surface area contributed by atoms with Crippen molar-refractivity contribution in [2.45, 2.75) is 6.92 Å². The highest BCUT2D eigenvalue weighted by atomic mass is 35.5. The zero-order valence-corrected chi connectivity index (χ0v) is 12.8. The van der Waals surface area contributed by atoms with Crippen molar-refractivity contribution in [3.8, 4) is 11.4 Å². The van der Waals surface area contributed by atoms with Gasteiger partial charge in [0, 0.05) is 5.02 Å². The molecule has 3 rings (SSSR count). The van der Waals surface area contributed by atoms with Gasteiger partial charge >= 0.3 is 5.97 Å². The van der Waals surface area contributed by atoms with Gasteiger partial charge in [0.2, 0.25) is 0 Å². The van der Waals surface area contributed by atoms with Crippen LogP contribution in [0.25, 0.3) is 5.69 Å². The number of hydrogen-bond acceptors (Lipinski definition) is 4. The molecule has 3 aromatic rings. The fourth-order valence-electron chi connectivity index (χ4n) is 2.00. The Hall–Kier alpha value is -2.73. The van der Waals surface area contributed by atoms with Crippen molar-refractivity contribution < 1.29 is 13.9 Å². The van der Waals surface area contributed by atoms with Crippen molar-refractivity contribution in [3.63, 3.8) is 0 Å². The Labute approximate surface area is 136 Å². The summed E-state index contributed by atoms with van der Waals surface area (Å²) in [6, 6.07) is 12.1. The first-order chi connectivity index (χ1) is 11.0. The number of aromatic nitrogens is 3. The van der Waals surface area contributed by atoms with E-state index in [1.54, 1.807) is 43.3 Å². The van der Waals surface area contributed by atoms with E-state index in [9.17, 15) is 9.18 Å². The third-order valence-corrected chi connectivity index (χ3v) is 3.44. The van der Waals surface area contributed by atoms with Gasteiger partial charge in [0.05, 0.1) is 11.4 Å². The topological polar surface area (TPSA) is 57.0 Å². The molecule has 0 spiro atoms. The molecule has 0 unspecified atom stereocenters. The molecule has 0 aliphatic rings. The van der Waals surface area contributed by atoms with Gasteiger partial charge in [0.25, 0.3) is 0 Å². The quantitative estimate of drug-likeness (QED) is 0.543.